The molecule has 3 aromatic rings. The Morgan fingerprint density at radius 3 is 2.45 bits per heavy atom. The second kappa shape index (κ2) is 6.42. The molecule has 0 saturated heterocycles. The van der Waals surface area contributed by atoms with Crippen LogP contribution in [-0.4, -0.2) is 10.5 Å². The molecule has 0 aliphatic carbocycles. The summed E-state index contributed by atoms with van der Waals surface area (Å²) in [5.74, 6) is -0.222. The van der Waals surface area contributed by atoms with Crippen molar-refractivity contribution in [3.05, 3.63) is 74.8 Å². The Labute approximate surface area is 140 Å². The Morgan fingerprint density at radius 2 is 1.77 bits per heavy atom. The normalized spacial score (nSPS) is 11.6. The van der Waals surface area contributed by atoms with Gasteiger partial charge in [0, 0.05) is 22.5 Å². The Kier molecular flexibility index (Phi) is 4.36. The zero-order chi connectivity index (χ0) is 15.5. The Hall–Kier alpha value is -1.98. The van der Waals surface area contributed by atoms with E-state index in [9.17, 15) is 4.79 Å². The lowest BCUT2D eigenvalue weighted by Gasteiger charge is -2.02. The Bertz CT molecular complexity index is 864. The molecule has 1 heterocycles. The maximum absolute atomic E-state index is 12.2. The summed E-state index contributed by atoms with van der Waals surface area (Å²) in [6.45, 7) is 0. The van der Waals surface area contributed by atoms with E-state index in [1.807, 2.05) is 59.5 Å². The largest absolute Gasteiger partial charge is 0.319 e. The molecule has 3 nitrogen and oxygen atoms in total. The van der Waals surface area contributed by atoms with Gasteiger partial charge in [-0.2, -0.15) is 4.99 Å². The lowest BCUT2D eigenvalue weighted by molar-refractivity contribution is 0.0998. The van der Waals surface area contributed by atoms with Crippen molar-refractivity contribution in [3.63, 3.8) is 0 Å². The molecule has 1 amide bonds. The van der Waals surface area contributed by atoms with E-state index in [1.165, 1.54) is 11.3 Å². The highest BCUT2D eigenvalue weighted by Crippen LogP contribution is 2.21. The van der Waals surface area contributed by atoms with E-state index in [2.05, 4.69) is 20.9 Å². The number of hydrogen-bond acceptors (Lipinski definition) is 2. The van der Waals surface area contributed by atoms with Crippen LogP contribution < -0.4 is 4.80 Å². The van der Waals surface area contributed by atoms with Gasteiger partial charge in [-0.15, -0.1) is 11.3 Å². The number of benzene rings is 2. The average molecular weight is 373 g/mol. The summed E-state index contributed by atoms with van der Waals surface area (Å²) in [6, 6.07) is 17.2. The van der Waals surface area contributed by atoms with E-state index < -0.39 is 0 Å². The molecular formula is C17H13BrN2OS. The van der Waals surface area contributed by atoms with Crippen molar-refractivity contribution in [3.8, 4) is 11.3 Å². The molecule has 1 aromatic heterocycles. The highest BCUT2D eigenvalue weighted by Gasteiger charge is 2.07. The Morgan fingerprint density at radius 1 is 1.09 bits per heavy atom. The van der Waals surface area contributed by atoms with Crippen molar-refractivity contribution in [2.75, 3.05) is 0 Å². The van der Waals surface area contributed by atoms with Crippen LogP contribution in [0.4, 0.5) is 0 Å². The van der Waals surface area contributed by atoms with Crippen LogP contribution in [0.15, 0.2) is 69.4 Å². The van der Waals surface area contributed by atoms with Crippen LogP contribution in [0.25, 0.3) is 11.3 Å². The van der Waals surface area contributed by atoms with Crippen molar-refractivity contribution < 1.29 is 4.79 Å². The minimum absolute atomic E-state index is 0.222. The number of amides is 1. The highest BCUT2D eigenvalue weighted by atomic mass is 79.9. The first-order chi connectivity index (χ1) is 10.6. The van der Waals surface area contributed by atoms with Gasteiger partial charge < -0.3 is 4.57 Å². The first kappa shape index (κ1) is 14.9. The number of aromatic nitrogens is 1. The molecule has 0 unspecified atom stereocenters. The number of rotatable bonds is 2. The van der Waals surface area contributed by atoms with Crippen LogP contribution in [0.1, 0.15) is 10.4 Å². The van der Waals surface area contributed by atoms with Gasteiger partial charge >= 0.3 is 0 Å². The van der Waals surface area contributed by atoms with E-state index in [4.69, 9.17) is 0 Å². The minimum Gasteiger partial charge on any atom is -0.319 e. The third kappa shape index (κ3) is 3.10. The van der Waals surface area contributed by atoms with Crippen molar-refractivity contribution in [2.45, 2.75) is 0 Å². The van der Waals surface area contributed by atoms with E-state index in [0.29, 0.717) is 10.4 Å². The van der Waals surface area contributed by atoms with Crippen molar-refractivity contribution >= 4 is 33.2 Å². The molecule has 3 rings (SSSR count). The molecule has 0 aliphatic rings. The number of halogens is 1. The summed E-state index contributed by atoms with van der Waals surface area (Å²) in [5.41, 5.74) is 2.73. The van der Waals surface area contributed by atoms with Crippen LogP contribution in [0.5, 0.6) is 0 Å². The second-order valence-corrected chi connectivity index (χ2v) is 6.50. The van der Waals surface area contributed by atoms with Gasteiger partial charge in [-0.05, 0) is 29.8 Å². The van der Waals surface area contributed by atoms with Crippen LogP contribution in [-0.2, 0) is 7.05 Å². The zero-order valence-corrected chi connectivity index (χ0v) is 14.3. The predicted octanol–water partition coefficient (Wildman–Crippen LogP) is 4.26. The van der Waals surface area contributed by atoms with Gasteiger partial charge in [-0.1, -0.05) is 46.3 Å². The third-order valence-electron chi connectivity index (χ3n) is 3.28. The van der Waals surface area contributed by atoms with Crippen LogP contribution in [0, 0.1) is 0 Å². The Balaban J connectivity index is 1.98. The van der Waals surface area contributed by atoms with Gasteiger partial charge in [0.25, 0.3) is 5.91 Å². The van der Waals surface area contributed by atoms with Gasteiger partial charge in [0.15, 0.2) is 4.80 Å². The number of nitrogens with zero attached hydrogens (tertiary/aromatic N) is 2. The maximum atomic E-state index is 12.2. The first-order valence-corrected chi connectivity index (χ1v) is 8.37. The molecule has 22 heavy (non-hydrogen) atoms. The van der Waals surface area contributed by atoms with Crippen molar-refractivity contribution in [2.24, 2.45) is 12.0 Å². The molecule has 110 valence electrons. The summed E-state index contributed by atoms with van der Waals surface area (Å²) in [6.07, 6.45) is 0. The lowest BCUT2D eigenvalue weighted by atomic mass is 10.2. The molecule has 0 spiro atoms. The fourth-order valence-electron chi connectivity index (χ4n) is 2.09. The maximum Gasteiger partial charge on any atom is 0.279 e. The molecule has 0 atom stereocenters. The summed E-state index contributed by atoms with van der Waals surface area (Å²) >= 11 is 4.89. The average Bonchev–Trinajstić information content (AvgIpc) is 2.90. The van der Waals surface area contributed by atoms with Crippen molar-refractivity contribution in [1.29, 1.82) is 0 Å². The molecule has 0 bridgehead atoms. The fourth-order valence-corrected chi connectivity index (χ4v) is 3.25. The summed E-state index contributed by atoms with van der Waals surface area (Å²) in [7, 11) is 1.92. The summed E-state index contributed by atoms with van der Waals surface area (Å²) in [5, 5.41) is 2.01. The molecule has 0 N–H and O–H groups in total. The van der Waals surface area contributed by atoms with Gasteiger partial charge in [-0.25, -0.2) is 0 Å². The first-order valence-electron chi connectivity index (χ1n) is 6.70. The molecule has 0 aliphatic heterocycles. The molecular weight excluding hydrogens is 360 g/mol. The lowest BCUT2D eigenvalue weighted by Crippen LogP contribution is -2.14. The van der Waals surface area contributed by atoms with Crippen LogP contribution in [0.2, 0.25) is 0 Å². The van der Waals surface area contributed by atoms with Gasteiger partial charge in [-0.3, -0.25) is 4.79 Å². The number of carbonyl (C=O) groups excluding carboxylic acids is 1. The van der Waals surface area contributed by atoms with Gasteiger partial charge in [0.1, 0.15) is 0 Å². The highest BCUT2D eigenvalue weighted by molar-refractivity contribution is 9.10. The van der Waals surface area contributed by atoms with E-state index in [1.54, 1.807) is 12.1 Å². The van der Waals surface area contributed by atoms with Crippen LogP contribution >= 0.6 is 27.3 Å². The number of thiazole rings is 1. The van der Waals surface area contributed by atoms with E-state index >= 15 is 0 Å². The third-order valence-corrected chi connectivity index (χ3v) is 4.73. The van der Waals surface area contributed by atoms with Crippen molar-refractivity contribution in [1.82, 2.24) is 4.57 Å². The minimum atomic E-state index is -0.222. The molecule has 2 aromatic carbocycles. The SMILES string of the molecule is Cn1c(-c2ccc(Br)cc2)csc1=NC(=O)c1ccccc1. The molecule has 0 fully saturated rings. The molecule has 0 saturated carbocycles. The monoisotopic (exact) mass is 372 g/mol. The van der Waals surface area contributed by atoms with Gasteiger partial charge in [0.2, 0.25) is 0 Å². The zero-order valence-electron chi connectivity index (χ0n) is 11.9. The van der Waals surface area contributed by atoms with Gasteiger partial charge in [0.05, 0.1) is 5.69 Å². The summed E-state index contributed by atoms with van der Waals surface area (Å²) in [4.78, 5) is 17.1. The van der Waals surface area contributed by atoms with E-state index in [0.717, 1.165) is 15.7 Å². The standard InChI is InChI=1S/C17H13BrN2OS/c1-20-15(12-7-9-14(18)10-8-12)11-22-17(20)19-16(21)13-5-3-2-4-6-13/h2-11H,1H3. The predicted molar refractivity (Wildman–Crippen MR) is 92.8 cm³/mol. The second-order valence-electron chi connectivity index (χ2n) is 4.75. The number of hydrogen-bond donors (Lipinski definition) is 0. The quantitative estimate of drug-likeness (QED) is 0.661. The summed E-state index contributed by atoms with van der Waals surface area (Å²) < 4.78 is 2.98. The molecule has 5 heteroatoms. The van der Waals surface area contributed by atoms with E-state index in [-0.39, 0.29) is 5.91 Å². The molecule has 0 radical (unpaired) electrons. The topological polar surface area (TPSA) is 34.4 Å². The van der Waals surface area contributed by atoms with Crippen LogP contribution in [0.3, 0.4) is 0 Å². The fraction of sp³-hybridized carbons (Fsp3) is 0.0588. The number of carbonyl (C=O) groups is 1. The smallest absolute Gasteiger partial charge is 0.279 e.